The first-order valence-electron chi connectivity index (χ1n) is 3.74. The van der Waals surface area contributed by atoms with Gasteiger partial charge in [-0.2, -0.15) is 0 Å². The normalized spacial score (nSPS) is 12.2. The summed E-state index contributed by atoms with van der Waals surface area (Å²) in [5.41, 5.74) is 1.13. The Balaban J connectivity index is 2.89. The van der Waals surface area contributed by atoms with Crippen LogP contribution >= 0.6 is 0 Å². The van der Waals surface area contributed by atoms with Gasteiger partial charge in [0.2, 0.25) is 0 Å². The predicted octanol–water partition coefficient (Wildman–Crippen LogP) is 0.817. The van der Waals surface area contributed by atoms with Crippen molar-refractivity contribution in [2.24, 2.45) is 17.4 Å². The van der Waals surface area contributed by atoms with Crippen molar-refractivity contribution in [2.45, 2.75) is 0 Å². The molecule has 0 fully saturated rings. The van der Waals surface area contributed by atoms with E-state index in [4.69, 9.17) is 0 Å². The number of nitroso groups, excluding NO2 is 1. The van der Waals surface area contributed by atoms with Crippen molar-refractivity contribution in [1.29, 1.82) is 0 Å². The van der Waals surface area contributed by atoms with Crippen molar-refractivity contribution in [3.63, 3.8) is 0 Å². The average Bonchev–Trinajstić information content (AvgIpc) is 2.46. The van der Waals surface area contributed by atoms with Gasteiger partial charge in [-0.25, -0.2) is 0 Å². The summed E-state index contributed by atoms with van der Waals surface area (Å²) in [6.45, 7) is 0. The third kappa shape index (κ3) is 1.36. The molecule has 0 unspecified atom stereocenters. The van der Waals surface area contributed by atoms with Gasteiger partial charge in [0.25, 0.3) is 0 Å². The molecule has 66 valence electrons. The molecular formula is C8H7N3OSe. The van der Waals surface area contributed by atoms with E-state index in [0.717, 1.165) is 9.88 Å². The Bertz CT molecular complexity index is 511. The van der Waals surface area contributed by atoms with E-state index in [0.29, 0.717) is 0 Å². The fraction of sp³-hybridized carbons (Fsp3) is 0.125. The minimum atomic E-state index is 0.124. The van der Waals surface area contributed by atoms with E-state index in [9.17, 15) is 4.91 Å². The Morgan fingerprint density at radius 3 is 2.85 bits per heavy atom. The molecule has 0 saturated heterocycles. The Kier molecular flexibility index (Phi) is 2.12. The predicted molar refractivity (Wildman–Crippen MR) is 51.2 cm³/mol. The third-order valence-corrected chi connectivity index (χ3v) is 4.16. The first-order chi connectivity index (χ1) is 6.33. The summed E-state index contributed by atoms with van der Waals surface area (Å²) in [6.07, 6.45) is 0. The first-order valence-corrected chi connectivity index (χ1v) is 5.45. The molecule has 0 atom stereocenters. The first kappa shape index (κ1) is 8.41. The molecular weight excluding hydrogens is 233 g/mol. The van der Waals surface area contributed by atoms with Gasteiger partial charge in [0.05, 0.1) is 0 Å². The molecule has 1 aromatic heterocycles. The van der Waals surface area contributed by atoms with Gasteiger partial charge >= 0.3 is 79.8 Å². The van der Waals surface area contributed by atoms with Gasteiger partial charge in [-0.05, 0) is 0 Å². The maximum absolute atomic E-state index is 10.0. The molecule has 0 spiro atoms. The molecule has 13 heavy (non-hydrogen) atoms. The summed E-state index contributed by atoms with van der Waals surface area (Å²) in [5, 5.41) is 6.12. The Morgan fingerprint density at radius 2 is 2.15 bits per heavy atom. The van der Waals surface area contributed by atoms with Crippen molar-refractivity contribution in [3.8, 4) is 0 Å². The van der Waals surface area contributed by atoms with E-state index in [-0.39, 0.29) is 14.5 Å². The van der Waals surface area contributed by atoms with Crippen molar-refractivity contribution in [1.82, 2.24) is 4.57 Å². The number of aryl methyl sites for hydroxylation is 1. The number of aromatic nitrogens is 1. The fourth-order valence-electron chi connectivity index (χ4n) is 1.21. The number of hydrogen-bond acceptors (Lipinski definition) is 2. The van der Waals surface area contributed by atoms with Gasteiger partial charge in [0.1, 0.15) is 0 Å². The van der Waals surface area contributed by atoms with Crippen LogP contribution in [0.2, 0.25) is 0 Å². The molecule has 0 bridgehead atoms. The van der Waals surface area contributed by atoms with Crippen molar-refractivity contribution >= 4 is 24.3 Å². The molecule has 0 radical (unpaired) electrons. The van der Waals surface area contributed by atoms with Crippen molar-refractivity contribution < 1.29 is 0 Å². The summed E-state index contributed by atoms with van der Waals surface area (Å²) in [4.78, 5) is 10.0. The minimum absolute atomic E-state index is 0.124. The molecule has 2 rings (SSSR count). The van der Waals surface area contributed by atoms with Crippen LogP contribution in [0.5, 0.6) is 0 Å². The van der Waals surface area contributed by atoms with Crippen LogP contribution in [-0.2, 0) is 7.05 Å². The SMILES string of the molecule is Cn1/c(=N/N=O)[se]c2ccccc21. The number of hydrogen-bond donors (Lipinski definition) is 0. The maximum atomic E-state index is 10.0. The second-order valence-corrected chi connectivity index (χ2v) is 4.71. The monoisotopic (exact) mass is 241 g/mol. The Labute approximate surface area is 80.2 Å². The van der Waals surface area contributed by atoms with Crippen LogP contribution in [0, 0.1) is 4.91 Å². The molecule has 0 aliphatic carbocycles. The summed E-state index contributed by atoms with van der Waals surface area (Å²) in [7, 11) is 1.90. The summed E-state index contributed by atoms with van der Waals surface area (Å²) < 4.78 is 3.93. The zero-order chi connectivity index (χ0) is 9.26. The van der Waals surface area contributed by atoms with E-state index in [1.807, 2.05) is 29.8 Å². The van der Waals surface area contributed by atoms with Crippen LogP contribution in [-0.4, -0.2) is 19.1 Å². The van der Waals surface area contributed by atoms with Crippen molar-refractivity contribution in [2.75, 3.05) is 0 Å². The number of fused-ring (bicyclic) bond motifs is 1. The van der Waals surface area contributed by atoms with Gasteiger partial charge in [-0.1, -0.05) is 0 Å². The van der Waals surface area contributed by atoms with Gasteiger partial charge < -0.3 is 0 Å². The van der Waals surface area contributed by atoms with Crippen LogP contribution in [0.4, 0.5) is 0 Å². The molecule has 2 aromatic rings. The van der Waals surface area contributed by atoms with E-state index in [1.54, 1.807) is 0 Å². The van der Waals surface area contributed by atoms with E-state index >= 15 is 0 Å². The topological polar surface area (TPSA) is 46.7 Å². The molecule has 5 heteroatoms. The number of nitrogens with zero attached hydrogens (tertiary/aromatic N) is 3. The molecule has 0 aliphatic rings. The number of benzene rings is 1. The van der Waals surface area contributed by atoms with Gasteiger partial charge in [-0.3, -0.25) is 0 Å². The van der Waals surface area contributed by atoms with Crippen molar-refractivity contribution in [3.05, 3.63) is 33.5 Å². The number of rotatable bonds is 1. The van der Waals surface area contributed by atoms with Crippen LogP contribution in [0.1, 0.15) is 0 Å². The van der Waals surface area contributed by atoms with Gasteiger partial charge in [-0.15, -0.1) is 0 Å². The van der Waals surface area contributed by atoms with E-state index in [2.05, 4.69) is 16.5 Å². The van der Waals surface area contributed by atoms with Crippen LogP contribution in [0.25, 0.3) is 9.78 Å². The molecule has 1 aromatic carbocycles. The summed E-state index contributed by atoms with van der Waals surface area (Å²) >= 11 is 0.124. The quantitative estimate of drug-likeness (QED) is 0.413. The van der Waals surface area contributed by atoms with Crippen LogP contribution < -0.4 is 4.36 Å². The van der Waals surface area contributed by atoms with Crippen LogP contribution in [0.15, 0.2) is 34.7 Å². The third-order valence-electron chi connectivity index (χ3n) is 1.84. The van der Waals surface area contributed by atoms with E-state index in [1.165, 1.54) is 4.26 Å². The van der Waals surface area contributed by atoms with Crippen LogP contribution in [0.3, 0.4) is 0 Å². The summed E-state index contributed by atoms with van der Waals surface area (Å²) in [5.74, 6) is 0. The number of para-hydroxylation sites is 1. The van der Waals surface area contributed by atoms with Gasteiger partial charge in [0.15, 0.2) is 0 Å². The van der Waals surface area contributed by atoms with Gasteiger partial charge in [0, 0.05) is 0 Å². The molecule has 0 aliphatic heterocycles. The molecule has 0 saturated carbocycles. The molecule has 0 N–H and O–H groups in total. The molecule has 4 nitrogen and oxygen atoms in total. The second kappa shape index (κ2) is 3.28. The Morgan fingerprint density at radius 1 is 1.38 bits per heavy atom. The zero-order valence-corrected chi connectivity index (χ0v) is 8.68. The average molecular weight is 240 g/mol. The standard InChI is InChI=1S/C8H7N3OSe/c1-11-6-4-2-3-5-7(6)13-8(11)9-10-12/h2-5H,1H3/b9-8-. The Hall–Kier alpha value is -1.19. The molecule has 1 heterocycles. The second-order valence-electron chi connectivity index (χ2n) is 2.59. The fourth-order valence-corrected chi connectivity index (χ4v) is 3.23. The van der Waals surface area contributed by atoms with E-state index < -0.39 is 0 Å². The zero-order valence-electron chi connectivity index (χ0n) is 6.97. The summed E-state index contributed by atoms with van der Waals surface area (Å²) in [6, 6.07) is 8.04. The molecule has 0 amide bonds.